The van der Waals surface area contributed by atoms with Gasteiger partial charge in [-0.1, -0.05) is 23.8 Å². The largest absolute Gasteiger partial charge is 0.344 e. The van der Waals surface area contributed by atoms with Gasteiger partial charge in [0.05, 0.1) is 4.91 Å². The normalized spacial score (nSPS) is 16.4. The molecule has 1 aromatic carbocycles. The number of allylic oxidation sites excluding steroid dienone is 2. The molecule has 112 valence electrons. The van der Waals surface area contributed by atoms with E-state index in [1.54, 1.807) is 6.08 Å². The fraction of sp³-hybridized carbons (Fsp3) is 0.176. The SMILES string of the molecule is CC(C)=CCn1ccc2c(C=C3SC(=O)NC3=O)cccc21. The molecule has 5 heteroatoms. The van der Waals surface area contributed by atoms with E-state index in [2.05, 4.69) is 35.9 Å². The summed E-state index contributed by atoms with van der Waals surface area (Å²) in [5, 5.41) is 3.04. The Balaban J connectivity index is 2.02. The molecule has 2 amide bonds. The standard InChI is InChI=1S/C17H16N2O2S/c1-11(2)6-8-19-9-7-13-12(4-3-5-14(13)19)10-15-16(20)18-17(21)22-15/h3-7,9-10H,8H2,1-2H3,(H,18,20,21). The summed E-state index contributed by atoms with van der Waals surface area (Å²) < 4.78 is 2.16. The van der Waals surface area contributed by atoms with Crippen molar-refractivity contribution in [3.05, 3.63) is 52.6 Å². The summed E-state index contributed by atoms with van der Waals surface area (Å²) in [7, 11) is 0. The molecule has 1 aliphatic heterocycles. The van der Waals surface area contributed by atoms with Crippen LogP contribution < -0.4 is 5.32 Å². The van der Waals surface area contributed by atoms with Crippen molar-refractivity contribution < 1.29 is 9.59 Å². The predicted octanol–water partition coefficient (Wildman–Crippen LogP) is 3.93. The molecule has 0 atom stereocenters. The predicted molar refractivity (Wildman–Crippen MR) is 90.5 cm³/mol. The molecule has 1 N–H and O–H groups in total. The molecule has 1 aliphatic rings. The van der Waals surface area contributed by atoms with Crippen molar-refractivity contribution in [1.82, 2.24) is 9.88 Å². The number of fused-ring (bicyclic) bond motifs is 1. The number of benzene rings is 1. The number of hydrogen-bond acceptors (Lipinski definition) is 3. The third kappa shape index (κ3) is 2.85. The fourth-order valence-corrected chi connectivity index (χ4v) is 3.05. The van der Waals surface area contributed by atoms with Crippen molar-refractivity contribution in [2.24, 2.45) is 0 Å². The van der Waals surface area contributed by atoms with E-state index in [9.17, 15) is 9.59 Å². The first kappa shape index (κ1) is 14.7. The number of amides is 2. The van der Waals surface area contributed by atoms with Crippen molar-refractivity contribution >= 4 is 39.9 Å². The molecule has 0 spiro atoms. The third-order valence-corrected chi connectivity index (χ3v) is 4.28. The number of nitrogens with zero attached hydrogens (tertiary/aromatic N) is 1. The zero-order valence-corrected chi connectivity index (χ0v) is 13.2. The molecule has 0 unspecified atom stereocenters. The van der Waals surface area contributed by atoms with E-state index >= 15 is 0 Å². The number of imide groups is 1. The first-order valence-corrected chi connectivity index (χ1v) is 7.82. The van der Waals surface area contributed by atoms with E-state index in [0.717, 1.165) is 34.8 Å². The molecule has 22 heavy (non-hydrogen) atoms. The lowest BCUT2D eigenvalue weighted by Crippen LogP contribution is -2.17. The molecule has 1 aromatic heterocycles. The molecule has 0 radical (unpaired) electrons. The Morgan fingerprint density at radius 2 is 2.09 bits per heavy atom. The maximum Gasteiger partial charge on any atom is 0.290 e. The van der Waals surface area contributed by atoms with Gasteiger partial charge in [0, 0.05) is 23.6 Å². The number of carbonyl (C=O) groups excluding carboxylic acids is 2. The van der Waals surface area contributed by atoms with E-state index in [1.165, 1.54) is 5.57 Å². The summed E-state index contributed by atoms with van der Waals surface area (Å²) in [5.74, 6) is -0.323. The fourth-order valence-electron chi connectivity index (χ4n) is 2.38. The van der Waals surface area contributed by atoms with Gasteiger partial charge < -0.3 is 4.57 Å². The van der Waals surface area contributed by atoms with Crippen molar-refractivity contribution in [2.75, 3.05) is 0 Å². The van der Waals surface area contributed by atoms with Crippen LogP contribution >= 0.6 is 11.8 Å². The van der Waals surface area contributed by atoms with Gasteiger partial charge in [0.25, 0.3) is 11.1 Å². The first-order valence-electron chi connectivity index (χ1n) is 7.00. The minimum absolute atomic E-state index is 0.315. The lowest BCUT2D eigenvalue weighted by Gasteiger charge is -2.04. The Labute approximate surface area is 132 Å². The van der Waals surface area contributed by atoms with Crippen LogP contribution in [0.3, 0.4) is 0 Å². The maximum atomic E-state index is 11.7. The second-order valence-electron chi connectivity index (χ2n) is 5.38. The summed E-state index contributed by atoms with van der Waals surface area (Å²) in [4.78, 5) is 23.4. The van der Waals surface area contributed by atoms with Crippen LogP contribution in [0.15, 0.2) is 47.0 Å². The minimum Gasteiger partial charge on any atom is -0.344 e. The summed E-state index contributed by atoms with van der Waals surface area (Å²) >= 11 is 0.943. The average Bonchev–Trinajstić information content (AvgIpc) is 3.01. The van der Waals surface area contributed by atoms with Crippen LogP contribution in [-0.2, 0) is 11.3 Å². The lowest BCUT2D eigenvalue weighted by atomic mass is 10.1. The van der Waals surface area contributed by atoms with Gasteiger partial charge in [-0.2, -0.15) is 0 Å². The summed E-state index contributed by atoms with van der Waals surface area (Å²) in [6.07, 6.45) is 5.99. The van der Waals surface area contributed by atoms with Gasteiger partial charge in [0.15, 0.2) is 0 Å². The van der Waals surface area contributed by atoms with E-state index in [4.69, 9.17) is 0 Å². The topological polar surface area (TPSA) is 51.1 Å². The summed E-state index contributed by atoms with van der Waals surface area (Å²) in [6, 6.07) is 8.02. The lowest BCUT2D eigenvalue weighted by molar-refractivity contribution is -0.115. The molecule has 0 bridgehead atoms. The van der Waals surface area contributed by atoms with Crippen LogP contribution in [0.5, 0.6) is 0 Å². The van der Waals surface area contributed by atoms with Crippen molar-refractivity contribution in [2.45, 2.75) is 20.4 Å². The van der Waals surface area contributed by atoms with Crippen molar-refractivity contribution in [1.29, 1.82) is 0 Å². The third-order valence-electron chi connectivity index (χ3n) is 3.47. The molecule has 2 heterocycles. The molecule has 1 fully saturated rings. The molecular weight excluding hydrogens is 296 g/mol. The van der Waals surface area contributed by atoms with Crippen LogP contribution in [0.1, 0.15) is 19.4 Å². The highest BCUT2D eigenvalue weighted by molar-refractivity contribution is 8.18. The minimum atomic E-state index is -0.323. The highest BCUT2D eigenvalue weighted by Crippen LogP contribution is 2.29. The molecule has 0 saturated carbocycles. The Hall–Kier alpha value is -2.27. The Morgan fingerprint density at radius 1 is 1.27 bits per heavy atom. The van der Waals surface area contributed by atoms with Gasteiger partial charge in [-0.15, -0.1) is 0 Å². The smallest absolute Gasteiger partial charge is 0.290 e. The van der Waals surface area contributed by atoms with Gasteiger partial charge in [0.2, 0.25) is 0 Å². The highest BCUT2D eigenvalue weighted by Gasteiger charge is 2.25. The molecule has 2 aromatic rings. The van der Waals surface area contributed by atoms with Gasteiger partial charge in [-0.25, -0.2) is 0 Å². The maximum absolute atomic E-state index is 11.7. The van der Waals surface area contributed by atoms with Gasteiger partial charge in [-0.3, -0.25) is 14.9 Å². The van der Waals surface area contributed by atoms with Crippen LogP contribution in [0, 0.1) is 0 Å². The van der Waals surface area contributed by atoms with Gasteiger partial charge in [-0.05, 0) is 49.4 Å². The number of aromatic nitrogens is 1. The first-order chi connectivity index (χ1) is 10.5. The second-order valence-corrected chi connectivity index (χ2v) is 6.40. The molecular formula is C17H16N2O2S. The number of carbonyl (C=O) groups is 2. The summed E-state index contributed by atoms with van der Waals surface area (Å²) in [5.41, 5.74) is 3.33. The van der Waals surface area contributed by atoms with E-state index in [-0.39, 0.29) is 11.1 Å². The molecule has 0 aliphatic carbocycles. The van der Waals surface area contributed by atoms with Crippen molar-refractivity contribution in [3.8, 4) is 0 Å². The Bertz CT molecular complexity index is 826. The molecule has 4 nitrogen and oxygen atoms in total. The number of thioether (sulfide) groups is 1. The monoisotopic (exact) mass is 312 g/mol. The summed E-state index contributed by atoms with van der Waals surface area (Å²) in [6.45, 7) is 4.97. The van der Waals surface area contributed by atoms with E-state index in [1.807, 2.05) is 24.4 Å². The Kier molecular flexibility index (Phi) is 3.90. The van der Waals surface area contributed by atoms with Crippen LogP contribution in [0.4, 0.5) is 4.79 Å². The Morgan fingerprint density at radius 3 is 2.77 bits per heavy atom. The number of rotatable bonds is 3. The van der Waals surface area contributed by atoms with Gasteiger partial charge >= 0.3 is 0 Å². The second kappa shape index (κ2) is 5.85. The molecule has 3 rings (SSSR count). The van der Waals surface area contributed by atoms with E-state index < -0.39 is 0 Å². The molecule has 1 saturated heterocycles. The van der Waals surface area contributed by atoms with Crippen LogP contribution in [0.2, 0.25) is 0 Å². The average molecular weight is 312 g/mol. The van der Waals surface area contributed by atoms with Crippen LogP contribution in [0.25, 0.3) is 17.0 Å². The quantitative estimate of drug-likeness (QED) is 0.690. The van der Waals surface area contributed by atoms with E-state index in [0.29, 0.717) is 4.91 Å². The number of nitrogens with one attached hydrogen (secondary N) is 1. The zero-order valence-electron chi connectivity index (χ0n) is 12.4. The zero-order chi connectivity index (χ0) is 15.7. The van der Waals surface area contributed by atoms with Crippen LogP contribution in [-0.4, -0.2) is 15.7 Å². The number of hydrogen-bond donors (Lipinski definition) is 1. The van der Waals surface area contributed by atoms with Gasteiger partial charge in [0.1, 0.15) is 0 Å². The van der Waals surface area contributed by atoms with Crippen molar-refractivity contribution in [3.63, 3.8) is 0 Å². The highest BCUT2D eigenvalue weighted by atomic mass is 32.2.